The Balaban J connectivity index is 2.42. The van der Waals surface area contributed by atoms with Crippen LogP contribution in [0.25, 0.3) is 0 Å². The first-order valence-electron chi connectivity index (χ1n) is 5.84. The maximum atomic E-state index is 11.8. The van der Waals surface area contributed by atoms with Crippen molar-refractivity contribution in [3.63, 3.8) is 0 Å². The van der Waals surface area contributed by atoms with Crippen LogP contribution in [0, 0.1) is 0 Å². The molecule has 0 atom stereocenters. The van der Waals surface area contributed by atoms with Crippen LogP contribution in [0.1, 0.15) is 27.7 Å². The molecule has 0 radical (unpaired) electrons. The molecule has 5 heteroatoms. The van der Waals surface area contributed by atoms with Gasteiger partial charge >= 0.3 is 6.09 Å². The van der Waals surface area contributed by atoms with Crippen LogP contribution in [-0.4, -0.2) is 47.7 Å². The summed E-state index contributed by atoms with van der Waals surface area (Å²) in [5.74, 6) is 0. The Labute approximate surface area is 112 Å². The van der Waals surface area contributed by atoms with E-state index in [4.69, 9.17) is 4.74 Å². The van der Waals surface area contributed by atoms with Gasteiger partial charge in [0.25, 0.3) is 0 Å². The molecule has 0 unspecified atom stereocenters. The molecule has 1 fully saturated rings. The third-order valence-corrected chi connectivity index (χ3v) is 2.53. The summed E-state index contributed by atoms with van der Waals surface area (Å²) in [5, 5.41) is 0. The van der Waals surface area contributed by atoms with Gasteiger partial charge < -0.3 is 14.5 Å². The summed E-state index contributed by atoms with van der Waals surface area (Å²) in [6.45, 7) is 10.8. The topological polar surface area (TPSA) is 32.8 Å². The van der Waals surface area contributed by atoms with E-state index in [-0.39, 0.29) is 6.09 Å². The van der Waals surface area contributed by atoms with Gasteiger partial charge in [-0.05, 0) is 27.7 Å². The second-order valence-electron chi connectivity index (χ2n) is 5.22. The molecule has 0 spiro atoms. The van der Waals surface area contributed by atoms with Gasteiger partial charge in [-0.1, -0.05) is 15.9 Å². The van der Waals surface area contributed by atoms with E-state index < -0.39 is 5.60 Å². The van der Waals surface area contributed by atoms with Crippen LogP contribution in [0.3, 0.4) is 0 Å². The van der Waals surface area contributed by atoms with Crippen LogP contribution < -0.4 is 0 Å². The molecule has 1 saturated heterocycles. The van der Waals surface area contributed by atoms with Crippen molar-refractivity contribution in [1.29, 1.82) is 0 Å². The Morgan fingerprint density at radius 1 is 1.24 bits per heavy atom. The molecule has 1 heterocycles. The van der Waals surface area contributed by atoms with Crippen molar-refractivity contribution < 1.29 is 9.53 Å². The van der Waals surface area contributed by atoms with Gasteiger partial charge in [-0.25, -0.2) is 4.79 Å². The fraction of sp³-hybridized carbons (Fsp3) is 0.750. The second-order valence-corrected chi connectivity index (χ2v) is 6.47. The lowest BCUT2D eigenvalue weighted by Gasteiger charge is -2.35. The molecular formula is C12H21BrN2O2. The molecule has 0 N–H and O–H groups in total. The number of hydrogen-bond donors (Lipinski definition) is 0. The number of amides is 1. The average Bonchev–Trinajstić information content (AvgIpc) is 2.15. The van der Waals surface area contributed by atoms with E-state index in [0.29, 0.717) is 13.1 Å². The number of hydrogen-bond acceptors (Lipinski definition) is 3. The highest BCUT2D eigenvalue weighted by molar-refractivity contribution is 9.11. The zero-order chi connectivity index (χ0) is 13.1. The first-order chi connectivity index (χ1) is 7.78. The lowest BCUT2D eigenvalue weighted by molar-refractivity contribution is 0.0176. The lowest BCUT2D eigenvalue weighted by atomic mass is 10.2. The third kappa shape index (κ3) is 5.44. The fourth-order valence-corrected chi connectivity index (χ4v) is 1.90. The van der Waals surface area contributed by atoms with E-state index >= 15 is 0 Å². The molecule has 4 nitrogen and oxygen atoms in total. The first-order valence-corrected chi connectivity index (χ1v) is 6.63. The molecule has 0 saturated carbocycles. The maximum Gasteiger partial charge on any atom is 0.410 e. The largest absolute Gasteiger partial charge is 0.444 e. The molecule has 0 bridgehead atoms. The van der Waals surface area contributed by atoms with E-state index in [0.717, 1.165) is 17.6 Å². The van der Waals surface area contributed by atoms with Crippen LogP contribution in [0.5, 0.6) is 0 Å². The Hall–Kier alpha value is -0.710. The Morgan fingerprint density at radius 3 is 2.18 bits per heavy atom. The van der Waals surface area contributed by atoms with Crippen LogP contribution in [-0.2, 0) is 4.74 Å². The van der Waals surface area contributed by atoms with E-state index in [1.165, 1.54) is 0 Å². The Kier molecular flexibility index (Phi) is 4.86. The van der Waals surface area contributed by atoms with Gasteiger partial charge in [0.15, 0.2) is 0 Å². The molecule has 1 rings (SSSR count). The summed E-state index contributed by atoms with van der Waals surface area (Å²) in [7, 11) is 0. The van der Waals surface area contributed by atoms with Crippen molar-refractivity contribution in [3.05, 3.63) is 10.7 Å². The number of allylic oxidation sites excluding steroid dienone is 1. The van der Waals surface area contributed by atoms with Crippen molar-refractivity contribution in [3.8, 4) is 0 Å². The molecule has 0 aliphatic carbocycles. The monoisotopic (exact) mass is 304 g/mol. The molecule has 0 aromatic carbocycles. The van der Waals surface area contributed by atoms with E-state index in [1.54, 1.807) is 4.90 Å². The standard InChI is InChI=1S/C12H21BrN2O2/c1-10(13)9-14-5-7-15(8-6-14)11(16)17-12(2,3)4/h9H,5-8H2,1-4H3. The normalized spacial score (nSPS) is 18.3. The van der Waals surface area contributed by atoms with Crippen LogP contribution in [0.4, 0.5) is 4.79 Å². The summed E-state index contributed by atoms with van der Waals surface area (Å²) in [5.41, 5.74) is -0.416. The molecule has 17 heavy (non-hydrogen) atoms. The van der Waals surface area contributed by atoms with Gasteiger partial charge in [-0.2, -0.15) is 0 Å². The van der Waals surface area contributed by atoms with Crippen molar-refractivity contribution >= 4 is 22.0 Å². The SMILES string of the molecule is CC(Br)=CN1CCN(C(=O)OC(C)(C)C)CC1. The van der Waals surface area contributed by atoms with Crippen LogP contribution in [0.2, 0.25) is 0 Å². The first kappa shape index (κ1) is 14.4. The van der Waals surface area contributed by atoms with Gasteiger partial charge in [-0.15, -0.1) is 0 Å². The van der Waals surface area contributed by atoms with Crippen molar-refractivity contribution in [2.75, 3.05) is 26.2 Å². The van der Waals surface area contributed by atoms with Crippen LogP contribution in [0.15, 0.2) is 10.7 Å². The lowest BCUT2D eigenvalue weighted by Crippen LogP contribution is -2.48. The maximum absolute atomic E-state index is 11.8. The highest BCUT2D eigenvalue weighted by Gasteiger charge is 2.24. The minimum Gasteiger partial charge on any atom is -0.444 e. The van der Waals surface area contributed by atoms with Gasteiger partial charge in [-0.3, -0.25) is 0 Å². The highest BCUT2D eigenvalue weighted by Crippen LogP contribution is 2.13. The zero-order valence-corrected chi connectivity index (χ0v) is 12.6. The Morgan fingerprint density at radius 2 is 1.76 bits per heavy atom. The summed E-state index contributed by atoms with van der Waals surface area (Å²) >= 11 is 3.41. The number of halogens is 1. The number of ether oxygens (including phenoxy) is 1. The third-order valence-electron chi connectivity index (χ3n) is 2.33. The van der Waals surface area contributed by atoms with E-state index in [2.05, 4.69) is 27.0 Å². The number of piperazine rings is 1. The quantitative estimate of drug-likeness (QED) is 0.747. The summed E-state index contributed by atoms with van der Waals surface area (Å²) < 4.78 is 6.44. The molecule has 1 aliphatic rings. The zero-order valence-electron chi connectivity index (χ0n) is 11.0. The molecule has 0 aromatic heterocycles. The van der Waals surface area contributed by atoms with E-state index in [9.17, 15) is 4.79 Å². The number of carbonyl (C=O) groups excluding carboxylic acids is 1. The number of carbonyl (C=O) groups is 1. The van der Waals surface area contributed by atoms with Crippen molar-refractivity contribution in [1.82, 2.24) is 9.80 Å². The minimum atomic E-state index is -0.416. The van der Waals surface area contributed by atoms with Gasteiger partial charge in [0.2, 0.25) is 0 Å². The van der Waals surface area contributed by atoms with Crippen LogP contribution >= 0.6 is 15.9 Å². The number of nitrogens with zero attached hydrogens (tertiary/aromatic N) is 2. The minimum absolute atomic E-state index is 0.211. The molecule has 1 amide bonds. The summed E-state index contributed by atoms with van der Waals surface area (Å²) in [6.07, 6.45) is 1.85. The second kappa shape index (κ2) is 5.76. The summed E-state index contributed by atoms with van der Waals surface area (Å²) in [6, 6.07) is 0. The predicted octanol–water partition coefficient (Wildman–Crippen LogP) is 2.80. The molecule has 0 aromatic rings. The van der Waals surface area contributed by atoms with E-state index in [1.807, 2.05) is 27.7 Å². The molecular weight excluding hydrogens is 284 g/mol. The number of rotatable bonds is 1. The van der Waals surface area contributed by atoms with Gasteiger partial charge in [0.05, 0.1) is 0 Å². The predicted molar refractivity (Wildman–Crippen MR) is 72.1 cm³/mol. The van der Waals surface area contributed by atoms with Gasteiger partial charge in [0.1, 0.15) is 5.60 Å². The van der Waals surface area contributed by atoms with Crippen molar-refractivity contribution in [2.24, 2.45) is 0 Å². The molecule has 98 valence electrons. The summed E-state index contributed by atoms with van der Waals surface area (Å²) in [4.78, 5) is 15.8. The Bertz CT molecular complexity index is 298. The molecule has 1 aliphatic heterocycles. The average molecular weight is 305 g/mol. The fourth-order valence-electron chi connectivity index (χ4n) is 1.61. The van der Waals surface area contributed by atoms with Crippen molar-refractivity contribution in [2.45, 2.75) is 33.3 Å². The van der Waals surface area contributed by atoms with Gasteiger partial charge in [0, 0.05) is 36.9 Å². The highest BCUT2D eigenvalue weighted by atomic mass is 79.9. The smallest absolute Gasteiger partial charge is 0.410 e.